The van der Waals surface area contributed by atoms with Crippen LogP contribution in [0, 0.1) is 6.92 Å². The van der Waals surface area contributed by atoms with E-state index < -0.39 is 24.0 Å². The lowest BCUT2D eigenvalue weighted by molar-refractivity contribution is -0.127. The van der Waals surface area contributed by atoms with Crippen LogP contribution < -0.4 is 16.0 Å². The zero-order valence-corrected chi connectivity index (χ0v) is 17.1. The molecule has 2 unspecified atom stereocenters. The maximum atomic E-state index is 12.7. The van der Waals surface area contributed by atoms with Crippen LogP contribution in [0.25, 0.3) is 0 Å². The number of carbonyl (C=O) groups excluding carboxylic acids is 3. The molecule has 1 aliphatic rings. The van der Waals surface area contributed by atoms with Gasteiger partial charge in [-0.05, 0) is 30.4 Å². The van der Waals surface area contributed by atoms with Crippen LogP contribution in [0.5, 0.6) is 0 Å². The van der Waals surface area contributed by atoms with E-state index in [4.69, 9.17) is 10.5 Å². The Hall–Kier alpha value is -2.42. The maximum absolute atomic E-state index is 12.7. The highest BCUT2D eigenvalue weighted by Crippen LogP contribution is 2.32. The third-order valence-electron chi connectivity index (χ3n) is 4.54. The number of amides is 2. The van der Waals surface area contributed by atoms with Gasteiger partial charge < -0.3 is 20.7 Å². The predicted octanol–water partition coefficient (Wildman–Crippen LogP) is 2.19. The molecule has 0 bridgehead atoms. The van der Waals surface area contributed by atoms with E-state index in [1.54, 1.807) is 23.6 Å². The minimum atomic E-state index is -0.847. The van der Waals surface area contributed by atoms with Gasteiger partial charge in [0.2, 0.25) is 11.8 Å². The Labute approximate surface area is 173 Å². The van der Waals surface area contributed by atoms with Crippen molar-refractivity contribution in [2.45, 2.75) is 25.4 Å². The van der Waals surface area contributed by atoms with Crippen molar-refractivity contribution in [2.24, 2.45) is 5.73 Å². The van der Waals surface area contributed by atoms with E-state index in [9.17, 15) is 14.4 Å². The number of ether oxygens (including phenoxy) is 1. The van der Waals surface area contributed by atoms with Gasteiger partial charge in [-0.1, -0.05) is 29.8 Å². The predicted molar refractivity (Wildman–Crippen MR) is 110 cm³/mol. The third-order valence-corrected chi connectivity index (χ3v) is 5.47. The molecule has 1 aliphatic heterocycles. The molecule has 2 heterocycles. The Kier molecular flexibility index (Phi) is 7.17. The molecular formula is C19H22ClN3O4S. The number of nitrogens with two attached hydrogens (primary N) is 1. The number of methoxy groups -OCH3 is 1. The van der Waals surface area contributed by atoms with E-state index in [-0.39, 0.29) is 18.3 Å². The summed E-state index contributed by atoms with van der Waals surface area (Å²) < 4.78 is 4.75. The molecule has 1 aromatic heterocycles. The zero-order chi connectivity index (χ0) is 19.6. The number of nitrogens with one attached hydrogen (secondary N) is 1. The molecule has 0 radical (unpaired) electrons. The molecule has 1 saturated heterocycles. The summed E-state index contributed by atoms with van der Waals surface area (Å²) in [5.74, 6) is -1.15. The highest BCUT2D eigenvalue weighted by atomic mass is 35.5. The highest BCUT2D eigenvalue weighted by molar-refractivity contribution is 7.14. The minimum Gasteiger partial charge on any atom is -0.465 e. The summed E-state index contributed by atoms with van der Waals surface area (Å²) in [5, 5.41) is 4.99. The molecule has 9 heteroatoms. The highest BCUT2D eigenvalue weighted by Gasteiger charge is 2.37. The molecule has 0 aliphatic carbocycles. The van der Waals surface area contributed by atoms with E-state index in [1.165, 1.54) is 23.3 Å². The summed E-state index contributed by atoms with van der Waals surface area (Å²) in [6.45, 7) is 2.36. The molecule has 150 valence electrons. The van der Waals surface area contributed by atoms with Gasteiger partial charge in [0, 0.05) is 6.54 Å². The fourth-order valence-corrected chi connectivity index (χ4v) is 3.90. The average Bonchev–Trinajstić information content (AvgIpc) is 3.28. The second-order valence-electron chi connectivity index (χ2n) is 6.36. The second-order valence-corrected chi connectivity index (χ2v) is 7.25. The van der Waals surface area contributed by atoms with Crippen molar-refractivity contribution in [1.29, 1.82) is 0 Å². The van der Waals surface area contributed by atoms with Crippen LogP contribution in [-0.2, 0) is 14.3 Å². The number of aryl methyl sites for hydroxylation is 1. The Balaban J connectivity index is 0.00000280. The number of hydrogen-bond acceptors (Lipinski definition) is 6. The van der Waals surface area contributed by atoms with Gasteiger partial charge in [0.1, 0.15) is 17.1 Å². The fourth-order valence-electron chi connectivity index (χ4n) is 2.98. The molecule has 3 N–H and O–H groups in total. The lowest BCUT2D eigenvalue weighted by atomic mass is 10.0. The molecular weight excluding hydrogens is 402 g/mol. The lowest BCUT2D eigenvalue weighted by Crippen LogP contribution is -2.45. The number of nitrogens with zero attached hydrogens (tertiary/aromatic N) is 1. The molecule has 0 spiro atoms. The summed E-state index contributed by atoms with van der Waals surface area (Å²) in [6.07, 6.45) is 0.448. The molecule has 7 nitrogen and oxygen atoms in total. The zero-order valence-electron chi connectivity index (χ0n) is 15.5. The van der Waals surface area contributed by atoms with Crippen LogP contribution in [0.1, 0.15) is 33.9 Å². The van der Waals surface area contributed by atoms with E-state index in [2.05, 4.69) is 5.32 Å². The molecule has 1 fully saturated rings. The van der Waals surface area contributed by atoms with Crippen molar-refractivity contribution in [2.75, 3.05) is 18.6 Å². The van der Waals surface area contributed by atoms with Crippen molar-refractivity contribution in [3.63, 3.8) is 0 Å². The van der Waals surface area contributed by atoms with Gasteiger partial charge in [-0.2, -0.15) is 0 Å². The van der Waals surface area contributed by atoms with Crippen LogP contribution in [0.3, 0.4) is 0 Å². The monoisotopic (exact) mass is 423 g/mol. The number of benzene rings is 1. The van der Waals surface area contributed by atoms with Gasteiger partial charge in [0.15, 0.2) is 0 Å². The molecule has 2 amide bonds. The van der Waals surface area contributed by atoms with E-state index in [1.807, 2.05) is 19.1 Å². The number of halogens is 1. The maximum Gasteiger partial charge on any atom is 0.340 e. The number of anilines is 1. The third kappa shape index (κ3) is 4.35. The number of thiophene rings is 1. The summed E-state index contributed by atoms with van der Waals surface area (Å²) in [4.78, 5) is 38.6. The molecule has 2 aromatic rings. The van der Waals surface area contributed by atoms with Gasteiger partial charge in [-0.3, -0.25) is 9.59 Å². The average molecular weight is 424 g/mol. The van der Waals surface area contributed by atoms with E-state index >= 15 is 0 Å². The van der Waals surface area contributed by atoms with E-state index in [0.29, 0.717) is 29.1 Å². The van der Waals surface area contributed by atoms with Crippen LogP contribution >= 0.6 is 23.7 Å². The van der Waals surface area contributed by atoms with Crippen LogP contribution in [0.15, 0.2) is 35.7 Å². The number of carbonyl (C=O) groups is 3. The topological polar surface area (TPSA) is 102 Å². The lowest BCUT2D eigenvalue weighted by Gasteiger charge is -2.18. The van der Waals surface area contributed by atoms with Crippen molar-refractivity contribution < 1.29 is 19.1 Å². The van der Waals surface area contributed by atoms with Crippen molar-refractivity contribution >= 4 is 46.5 Å². The van der Waals surface area contributed by atoms with Gasteiger partial charge in [0.25, 0.3) is 0 Å². The van der Waals surface area contributed by atoms with Gasteiger partial charge in [-0.15, -0.1) is 23.7 Å². The van der Waals surface area contributed by atoms with E-state index in [0.717, 1.165) is 5.56 Å². The Morgan fingerprint density at radius 3 is 2.61 bits per heavy atom. The first-order valence-electron chi connectivity index (χ1n) is 8.52. The summed E-state index contributed by atoms with van der Waals surface area (Å²) in [5.41, 5.74) is 8.13. The van der Waals surface area contributed by atoms with Gasteiger partial charge >= 0.3 is 5.97 Å². The molecule has 1 aromatic carbocycles. The fraction of sp³-hybridized carbons (Fsp3) is 0.316. The Morgan fingerprint density at radius 2 is 1.96 bits per heavy atom. The number of esters is 1. The second kappa shape index (κ2) is 9.18. The molecule has 2 atom stereocenters. The largest absolute Gasteiger partial charge is 0.465 e. The van der Waals surface area contributed by atoms with Crippen molar-refractivity contribution in [3.8, 4) is 0 Å². The quantitative estimate of drug-likeness (QED) is 0.718. The van der Waals surface area contributed by atoms with Crippen molar-refractivity contribution in [3.05, 3.63) is 52.4 Å². The van der Waals surface area contributed by atoms with Gasteiger partial charge in [-0.25, -0.2) is 4.79 Å². The SMILES string of the molecule is COC(=O)c1ccsc1N1CCC(NC(=O)C(N)c2ccc(C)cc2)C1=O.Cl. The van der Waals surface area contributed by atoms with Crippen molar-refractivity contribution in [1.82, 2.24) is 5.32 Å². The molecule has 28 heavy (non-hydrogen) atoms. The number of hydrogen-bond donors (Lipinski definition) is 2. The van der Waals surface area contributed by atoms with Crippen LogP contribution in [0.2, 0.25) is 0 Å². The normalized spacial score (nSPS) is 17.0. The summed E-state index contributed by atoms with van der Waals surface area (Å²) in [6, 6.07) is 7.49. The van der Waals surface area contributed by atoms with Crippen LogP contribution in [-0.4, -0.2) is 37.5 Å². The summed E-state index contributed by atoms with van der Waals surface area (Å²) in [7, 11) is 1.30. The van der Waals surface area contributed by atoms with Gasteiger partial charge in [0.05, 0.1) is 12.7 Å². The minimum absolute atomic E-state index is 0. The molecule has 3 rings (SSSR count). The molecule has 0 saturated carbocycles. The number of rotatable bonds is 5. The Morgan fingerprint density at radius 1 is 1.29 bits per heavy atom. The summed E-state index contributed by atoms with van der Waals surface area (Å²) >= 11 is 1.29. The smallest absolute Gasteiger partial charge is 0.340 e. The first-order chi connectivity index (χ1) is 12.9. The first-order valence-corrected chi connectivity index (χ1v) is 9.40. The first kappa shape index (κ1) is 21.9. The standard InChI is InChI=1S/C19H21N3O4S.ClH/c1-11-3-5-12(6-4-11)15(20)16(23)21-14-7-9-22(17(14)24)18-13(8-10-27-18)19(25)26-2;/h3-6,8,10,14-15H,7,9,20H2,1-2H3,(H,21,23);1H. The van der Waals surface area contributed by atoms with Crippen LogP contribution in [0.4, 0.5) is 5.00 Å². The Bertz CT molecular complexity index is 868.